The molecule has 0 aliphatic heterocycles. The first-order valence-corrected chi connectivity index (χ1v) is 6.95. The minimum Gasteiger partial charge on any atom is -0.497 e. The Labute approximate surface area is 130 Å². The Morgan fingerprint density at radius 1 is 1.48 bits per heavy atom. The van der Waals surface area contributed by atoms with Gasteiger partial charge in [0, 0.05) is 7.05 Å². The van der Waals surface area contributed by atoms with Crippen LogP contribution in [-0.4, -0.2) is 28.0 Å². The molecule has 21 heavy (non-hydrogen) atoms. The number of nitrogens with zero attached hydrogens (tertiary/aromatic N) is 2. The molecule has 0 spiro atoms. The van der Waals surface area contributed by atoms with Crippen molar-refractivity contribution in [3.05, 3.63) is 39.6 Å². The third-order valence-corrected chi connectivity index (χ3v) is 4.07. The molecule has 0 bridgehead atoms. The first-order valence-electron chi connectivity index (χ1n) is 6.16. The SMILES string of the molecule is COc1ccc(OCc2c(Br)c(C)nn2C)c(C(=O)O)c1. The number of ether oxygens (including phenoxy) is 2. The van der Waals surface area contributed by atoms with Crippen LogP contribution in [-0.2, 0) is 13.7 Å². The number of halogens is 1. The van der Waals surface area contributed by atoms with Crippen LogP contribution in [0.2, 0.25) is 0 Å². The average Bonchev–Trinajstić information content (AvgIpc) is 2.70. The summed E-state index contributed by atoms with van der Waals surface area (Å²) in [6.45, 7) is 2.09. The van der Waals surface area contributed by atoms with Gasteiger partial charge in [-0.05, 0) is 41.1 Å². The van der Waals surface area contributed by atoms with Gasteiger partial charge in [-0.3, -0.25) is 4.68 Å². The summed E-state index contributed by atoms with van der Waals surface area (Å²) in [5.41, 5.74) is 1.74. The Morgan fingerprint density at radius 3 is 2.71 bits per heavy atom. The fourth-order valence-corrected chi connectivity index (χ4v) is 2.36. The number of benzene rings is 1. The number of carbonyl (C=O) groups is 1. The van der Waals surface area contributed by atoms with Gasteiger partial charge < -0.3 is 14.6 Å². The Morgan fingerprint density at radius 2 is 2.19 bits per heavy atom. The van der Waals surface area contributed by atoms with Crippen molar-refractivity contribution in [1.29, 1.82) is 0 Å². The monoisotopic (exact) mass is 354 g/mol. The number of rotatable bonds is 5. The van der Waals surface area contributed by atoms with Crippen LogP contribution in [0.1, 0.15) is 21.7 Å². The van der Waals surface area contributed by atoms with Gasteiger partial charge in [0.25, 0.3) is 0 Å². The molecule has 1 N–H and O–H groups in total. The van der Waals surface area contributed by atoms with Gasteiger partial charge in [0.1, 0.15) is 23.7 Å². The highest BCUT2D eigenvalue weighted by Crippen LogP contribution is 2.27. The summed E-state index contributed by atoms with van der Waals surface area (Å²) >= 11 is 3.45. The zero-order chi connectivity index (χ0) is 15.6. The minimum absolute atomic E-state index is 0.0596. The molecule has 6 nitrogen and oxygen atoms in total. The van der Waals surface area contributed by atoms with Gasteiger partial charge in [-0.25, -0.2) is 4.79 Å². The van der Waals surface area contributed by atoms with E-state index in [2.05, 4.69) is 21.0 Å². The molecule has 0 saturated heterocycles. The van der Waals surface area contributed by atoms with E-state index in [1.54, 1.807) is 16.8 Å². The van der Waals surface area contributed by atoms with Gasteiger partial charge in [0.05, 0.1) is 23.0 Å². The molecule has 0 amide bonds. The highest BCUT2D eigenvalue weighted by atomic mass is 79.9. The van der Waals surface area contributed by atoms with Crippen LogP contribution in [0.5, 0.6) is 11.5 Å². The van der Waals surface area contributed by atoms with E-state index in [-0.39, 0.29) is 17.9 Å². The highest BCUT2D eigenvalue weighted by Gasteiger charge is 2.15. The maximum atomic E-state index is 11.3. The summed E-state index contributed by atoms with van der Waals surface area (Å²) in [5.74, 6) is -0.310. The molecule has 2 aromatic rings. The fraction of sp³-hybridized carbons (Fsp3) is 0.286. The van der Waals surface area contributed by atoms with Gasteiger partial charge in [-0.2, -0.15) is 5.10 Å². The molecule has 2 rings (SSSR count). The second-order valence-corrected chi connectivity index (χ2v) is 5.22. The first kappa shape index (κ1) is 15.4. The third-order valence-electron chi connectivity index (χ3n) is 3.04. The lowest BCUT2D eigenvalue weighted by atomic mass is 10.2. The van der Waals surface area contributed by atoms with E-state index >= 15 is 0 Å². The first-order chi connectivity index (χ1) is 9.93. The maximum absolute atomic E-state index is 11.3. The zero-order valence-electron chi connectivity index (χ0n) is 11.9. The van der Waals surface area contributed by atoms with Crippen LogP contribution in [0.4, 0.5) is 0 Å². The van der Waals surface area contributed by atoms with Gasteiger partial charge in [0.15, 0.2) is 0 Å². The number of aromatic nitrogens is 2. The van der Waals surface area contributed by atoms with Crippen molar-refractivity contribution < 1.29 is 19.4 Å². The number of carboxylic acid groups (broad SMARTS) is 1. The number of hydrogen-bond donors (Lipinski definition) is 1. The van der Waals surface area contributed by atoms with E-state index in [0.717, 1.165) is 15.9 Å². The molecule has 0 saturated carbocycles. The molecule has 112 valence electrons. The predicted molar refractivity (Wildman–Crippen MR) is 79.9 cm³/mol. The van der Waals surface area contributed by atoms with E-state index in [1.165, 1.54) is 13.2 Å². The number of methoxy groups -OCH3 is 1. The van der Waals surface area contributed by atoms with Crippen LogP contribution >= 0.6 is 15.9 Å². The van der Waals surface area contributed by atoms with Crippen molar-refractivity contribution in [1.82, 2.24) is 9.78 Å². The second kappa shape index (κ2) is 6.17. The van der Waals surface area contributed by atoms with Crippen LogP contribution in [0.15, 0.2) is 22.7 Å². The number of hydrogen-bond acceptors (Lipinski definition) is 4. The van der Waals surface area contributed by atoms with Crippen molar-refractivity contribution in [2.75, 3.05) is 7.11 Å². The van der Waals surface area contributed by atoms with Gasteiger partial charge >= 0.3 is 5.97 Å². The van der Waals surface area contributed by atoms with E-state index in [1.807, 2.05) is 14.0 Å². The molecule has 0 fully saturated rings. The molecule has 0 radical (unpaired) electrons. The number of carboxylic acids is 1. The molecule has 0 unspecified atom stereocenters. The highest BCUT2D eigenvalue weighted by molar-refractivity contribution is 9.10. The summed E-state index contributed by atoms with van der Waals surface area (Å²) in [5, 5.41) is 13.5. The summed E-state index contributed by atoms with van der Waals surface area (Å²) in [6, 6.07) is 4.67. The topological polar surface area (TPSA) is 73.6 Å². The van der Waals surface area contributed by atoms with Crippen molar-refractivity contribution in [3.63, 3.8) is 0 Å². The second-order valence-electron chi connectivity index (χ2n) is 4.43. The van der Waals surface area contributed by atoms with Crippen LogP contribution in [0.3, 0.4) is 0 Å². The summed E-state index contributed by atoms with van der Waals surface area (Å²) < 4.78 is 13.2. The molecule has 7 heteroatoms. The smallest absolute Gasteiger partial charge is 0.339 e. The van der Waals surface area contributed by atoms with Crippen molar-refractivity contribution in [3.8, 4) is 11.5 Å². The standard InChI is InChI=1S/C14H15BrN2O4/c1-8-13(15)11(17(2)16-8)7-21-12-5-4-9(20-3)6-10(12)14(18)19/h4-6H,7H2,1-3H3,(H,18,19). The van der Waals surface area contributed by atoms with E-state index < -0.39 is 5.97 Å². The predicted octanol–water partition coefficient (Wildman–Crippen LogP) is 2.78. The lowest BCUT2D eigenvalue weighted by Crippen LogP contribution is -2.07. The Kier molecular flexibility index (Phi) is 4.52. The number of aromatic carboxylic acids is 1. The Hall–Kier alpha value is -2.02. The maximum Gasteiger partial charge on any atom is 0.339 e. The molecule has 0 aliphatic carbocycles. The van der Waals surface area contributed by atoms with Gasteiger partial charge in [-0.15, -0.1) is 0 Å². The van der Waals surface area contributed by atoms with E-state index in [4.69, 9.17) is 9.47 Å². The quantitative estimate of drug-likeness (QED) is 0.893. The number of aryl methyl sites for hydroxylation is 2. The largest absolute Gasteiger partial charge is 0.497 e. The van der Waals surface area contributed by atoms with E-state index in [9.17, 15) is 9.90 Å². The summed E-state index contributed by atoms with van der Waals surface area (Å²) in [7, 11) is 3.29. The minimum atomic E-state index is -1.07. The molecule has 0 aliphatic rings. The lowest BCUT2D eigenvalue weighted by molar-refractivity contribution is 0.0691. The summed E-state index contributed by atoms with van der Waals surface area (Å²) in [6.07, 6.45) is 0. The van der Waals surface area contributed by atoms with Crippen LogP contribution < -0.4 is 9.47 Å². The molecule has 1 aromatic heterocycles. The van der Waals surface area contributed by atoms with Crippen LogP contribution in [0, 0.1) is 6.92 Å². The van der Waals surface area contributed by atoms with Gasteiger partial charge in [-0.1, -0.05) is 0 Å². The third kappa shape index (κ3) is 3.18. The Balaban J connectivity index is 2.25. The van der Waals surface area contributed by atoms with E-state index in [0.29, 0.717) is 5.75 Å². The lowest BCUT2D eigenvalue weighted by Gasteiger charge is -2.11. The van der Waals surface area contributed by atoms with Crippen molar-refractivity contribution in [2.24, 2.45) is 7.05 Å². The zero-order valence-corrected chi connectivity index (χ0v) is 13.5. The molecular weight excluding hydrogens is 340 g/mol. The molecular formula is C14H15BrN2O4. The van der Waals surface area contributed by atoms with Crippen molar-refractivity contribution >= 4 is 21.9 Å². The average molecular weight is 355 g/mol. The normalized spacial score (nSPS) is 10.5. The Bertz CT molecular complexity index is 682. The van der Waals surface area contributed by atoms with Crippen LogP contribution in [0.25, 0.3) is 0 Å². The fourth-order valence-electron chi connectivity index (χ4n) is 1.91. The molecule has 1 aromatic carbocycles. The summed E-state index contributed by atoms with van der Waals surface area (Å²) in [4.78, 5) is 11.3. The van der Waals surface area contributed by atoms with Gasteiger partial charge in [0.2, 0.25) is 0 Å². The molecule has 1 heterocycles. The molecule has 0 atom stereocenters. The van der Waals surface area contributed by atoms with Crippen molar-refractivity contribution in [2.45, 2.75) is 13.5 Å².